The minimum atomic E-state index is -0.233. The Bertz CT molecular complexity index is 989. The molecule has 3 rings (SSSR count). The largest absolute Gasteiger partial charge is 0.312 e. The van der Waals surface area contributed by atoms with Crippen LogP contribution in [0.5, 0.6) is 0 Å². The Kier molecular flexibility index (Phi) is 5.42. The van der Waals surface area contributed by atoms with Gasteiger partial charge in [0.15, 0.2) is 0 Å². The van der Waals surface area contributed by atoms with E-state index in [4.69, 9.17) is 11.6 Å². The van der Waals surface area contributed by atoms with Crippen molar-refractivity contribution in [3.05, 3.63) is 51.9 Å². The summed E-state index contributed by atoms with van der Waals surface area (Å²) in [6.45, 7) is 4.23. The van der Waals surface area contributed by atoms with E-state index in [9.17, 15) is 9.59 Å². The fourth-order valence-corrected chi connectivity index (χ4v) is 3.01. The van der Waals surface area contributed by atoms with Crippen LogP contribution in [-0.4, -0.2) is 19.9 Å². The molecule has 0 spiro atoms. The first-order valence-electron chi connectivity index (χ1n) is 8.66. The summed E-state index contributed by atoms with van der Waals surface area (Å²) in [4.78, 5) is 28.7. The lowest BCUT2D eigenvalue weighted by atomic mass is 10.2. The van der Waals surface area contributed by atoms with Crippen LogP contribution in [0.1, 0.15) is 33.1 Å². The fraction of sp³-hybridized carbons (Fsp3) is 0.316. The van der Waals surface area contributed by atoms with Gasteiger partial charge in [-0.1, -0.05) is 43.5 Å². The molecule has 7 heteroatoms. The van der Waals surface area contributed by atoms with Crippen LogP contribution in [0, 0.1) is 0 Å². The second-order valence-corrected chi connectivity index (χ2v) is 6.65. The number of hydrogen-bond acceptors (Lipinski definition) is 3. The summed E-state index contributed by atoms with van der Waals surface area (Å²) in [5.41, 5.74) is 1.32. The molecule has 1 aromatic carbocycles. The zero-order valence-corrected chi connectivity index (χ0v) is 15.6. The zero-order chi connectivity index (χ0) is 18.7. The molecule has 0 aliphatic rings. The number of benzene rings is 1. The molecule has 0 radical (unpaired) electrons. The third kappa shape index (κ3) is 3.80. The first-order valence-corrected chi connectivity index (χ1v) is 9.04. The summed E-state index contributed by atoms with van der Waals surface area (Å²) in [6.07, 6.45) is 4.79. The van der Waals surface area contributed by atoms with E-state index in [1.165, 1.54) is 17.4 Å². The quantitative estimate of drug-likeness (QED) is 0.666. The average Bonchev–Trinajstić information content (AvgIpc) is 3.03. The predicted molar refractivity (Wildman–Crippen MR) is 104 cm³/mol. The maximum Gasteiger partial charge on any atom is 0.261 e. The van der Waals surface area contributed by atoms with Crippen molar-refractivity contribution < 1.29 is 4.79 Å². The van der Waals surface area contributed by atoms with Crippen molar-refractivity contribution >= 4 is 29.1 Å². The van der Waals surface area contributed by atoms with Crippen molar-refractivity contribution in [2.45, 2.75) is 39.7 Å². The summed E-state index contributed by atoms with van der Waals surface area (Å²) in [6, 6.07) is 8.75. The molecule has 6 nitrogen and oxygen atoms in total. The van der Waals surface area contributed by atoms with Crippen molar-refractivity contribution in [2.24, 2.45) is 0 Å². The molecule has 0 aliphatic carbocycles. The predicted octanol–water partition coefficient (Wildman–Crippen LogP) is 3.97. The Balaban J connectivity index is 2.14. The van der Waals surface area contributed by atoms with Gasteiger partial charge in [0, 0.05) is 36.3 Å². The van der Waals surface area contributed by atoms with Gasteiger partial charge in [0.25, 0.3) is 5.56 Å². The van der Waals surface area contributed by atoms with Gasteiger partial charge in [-0.2, -0.15) is 0 Å². The summed E-state index contributed by atoms with van der Waals surface area (Å²) < 4.78 is 3.40. The third-order valence-corrected chi connectivity index (χ3v) is 4.40. The van der Waals surface area contributed by atoms with E-state index in [0.717, 1.165) is 24.8 Å². The van der Waals surface area contributed by atoms with Crippen LogP contribution < -0.4 is 10.9 Å². The number of carbonyl (C=O) groups excluding carboxylic acids is 1. The zero-order valence-electron chi connectivity index (χ0n) is 14.8. The van der Waals surface area contributed by atoms with Gasteiger partial charge < -0.3 is 5.32 Å². The van der Waals surface area contributed by atoms with Crippen molar-refractivity contribution in [1.29, 1.82) is 0 Å². The molecule has 1 N–H and O–H groups in total. The molecule has 0 unspecified atom stereocenters. The number of rotatable bonds is 6. The monoisotopic (exact) mass is 372 g/mol. The second kappa shape index (κ2) is 7.74. The molecular formula is C19H21ClN4O2. The maximum absolute atomic E-state index is 12.5. The van der Waals surface area contributed by atoms with Gasteiger partial charge in [0.2, 0.25) is 11.7 Å². The number of amides is 1. The Hall–Kier alpha value is -2.60. The fourth-order valence-electron chi connectivity index (χ4n) is 2.88. The van der Waals surface area contributed by atoms with Gasteiger partial charge >= 0.3 is 0 Å². The lowest BCUT2D eigenvalue weighted by Gasteiger charge is -2.14. The van der Waals surface area contributed by atoms with Crippen molar-refractivity contribution in [1.82, 2.24) is 14.0 Å². The number of aromatic nitrogens is 3. The van der Waals surface area contributed by atoms with E-state index in [1.807, 2.05) is 16.7 Å². The molecule has 3 aromatic rings. The number of imidazole rings is 1. The highest BCUT2D eigenvalue weighted by molar-refractivity contribution is 6.30. The number of halogens is 1. The van der Waals surface area contributed by atoms with Crippen molar-refractivity contribution in [2.75, 3.05) is 5.32 Å². The summed E-state index contributed by atoms with van der Waals surface area (Å²) in [5.74, 6) is 0.768. The highest BCUT2D eigenvalue weighted by Gasteiger charge is 2.14. The topological polar surface area (TPSA) is 68.4 Å². The Labute approximate surface area is 156 Å². The number of nitrogens with zero attached hydrogens (tertiary/aromatic N) is 3. The summed E-state index contributed by atoms with van der Waals surface area (Å²) in [5, 5.41) is 3.39. The maximum atomic E-state index is 12.5. The molecule has 136 valence electrons. The van der Waals surface area contributed by atoms with Crippen LogP contribution in [0.25, 0.3) is 17.0 Å². The first-order chi connectivity index (χ1) is 12.5. The highest BCUT2D eigenvalue weighted by atomic mass is 35.5. The number of anilines is 1. The smallest absolute Gasteiger partial charge is 0.261 e. The van der Waals surface area contributed by atoms with Crippen LogP contribution in [0.2, 0.25) is 5.02 Å². The number of nitrogens with one attached hydrogen (secondary N) is 1. The highest BCUT2D eigenvalue weighted by Crippen LogP contribution is 2.22. The van der Waals surface area contributed by atoms with Gasteiger partial charge in [0.1, 0.15) is 5.82 Å². The Morgan fingerprint density at radius 2 is 1.96 bits per heavy atom. The number of fused-ring (bicyclic) bond motifs is 1. The molecule has 0 aliphatic heterocycles. The van der Waals surface area contributed by atoms with Crippen molar-refractivity contribution in [3.63, 3.8) is 0 Å². The van der Waals surface area contributed by atoms with Gasteiger partial charge in [0.05, 0.1) is 5.69 Å². The van der Waals surface area contributed by atoms with E-state index in [0.29, 0.717) is 28.9 Å². The molecule has 0 bridgehead atoms. The molecule has 0 fully saturated rings. The third-order valence-electron chi connectivity index (χ3n) is 4.15. The number of hydrogen-bond donors (Lipinski definition) is 1. The van der Waals surface area contributed by atoms with E-state index in [1.54, 1.807) is 18.3 Å². The molecule has 0 saturated carbocycles. The van der Waals surface area contributed by atoms with Crippen LogP contribution >= 0.6 is 11.6 Å². The van der Waals surface area contributed by atoms with Crippen LogP contribution in [-0.2, 0) is 11.3 Å². The van der Waals surface area contributed by atoms with Crippen LogP contribution in [0.15, 0.2) is 41.3 Å². The molecule has 26 heavy (non-hydrogen) atoms. The minimum absolute atomic E-state index is 0.220. The molecule has 2 aromatic heterocycles. The van der Waals surface area contributed by atoms with E-state index < -0.39 is 0 Å². The second-order valence-electron chi connectivity index (χ2n) is 6.21. The molecule has 0 atom stereocenters. The van der Waals surface area contributed by atoms with Crippen LogP contribution in [0.3, 0.4) is 0 Å². The SMILES string of the molecule is CCCCCn1c(NC(C)=O)cc(=O)n2cc(-c3ccc(Cl)cc3)nc12. The minimum Gasteiger partial charge on any atom is -0.312 e. The molecule has 1 amide bonds. The number of aryl methyl sites for hydroxylation is 1. The Morgan fingerprint density at radius 3 is 2.62 bits per heavy atom. The number of carbonyl (C=O) groups is 1. The lowest BCUT2D eigenvalue weighted by molar-refractivity contribution is -0.114. The lowest BCUT2D eigenvalue weighted by Crippen LogP contribution is -2.22. The standard InChI is InChI=1S/C19H21ClN4O2/c1-3-4-5-10-23-17(21-13(2)25)11-18(26)24-12-16(22-19(23)24)14-6-8-15(20)9-7-14/h6-9,11-12H,3-5,10H2,1-2H3,(H,21,25). The molecule has 0 saturated heterocycles. The average molecular weight is 373 g/mol. The van der Waals surface area contributed by atoms with Crippen LogP contribution in [0.4, 0.5) is 5.82 Å². The summed E-state index contributed by atoms with van der Waals surface area (Å²) >= 11 is 5.95. The van der Waals surface area contributed by atoms with Gasteiger partial charge in [-0.15, -0.1) is 0 Å². The first kappa shape index (κ1) is 18.2. The number of unbranched alkanes of at least 4 members (excludes halogenated alkanes) is 2. The van der Waals surface area contributed by atoms with Gasteiger partial charge in [-0.25, -0.2) is 4.98 Å². The normalized spacial score (nSPS) is 11.0. The van der Waals surface area contributed by atoms with E-state index >= 15 is 0 Å². The van der Waals surface area contributed by atoms with Gasteiger partial charge in [-0.3, -0.25) is 18.6 Å². The van der Waals surface area contributed by atoms with Crippen molar-refractivity contribution in [3.8, 4) is 11.3 Å². The van der Waals surface area contributed by atoms with E-state index in [-0.39, 0.29) is 11.5 Å². The molecule has 2 heterocycles. The van der Waals surface area contributed by atoms with Gasteiger partial charge in [-0.05, 0) is 18.6 Å². The Morgan fingerprint density at radius 1 is 1.23 bits per heavy atom. The summed E-state index contributed by atoms with van der Waals surface area (Å²) in [7, 11) is 0. The molecular weight excluding hydrogens is 352 g/mol. The van der Waals surface area contributed by atoms with E-state index in [2.05, 4.69) is 17.2 Å².